The zero-order chi connectivity index (χ0) is 21.7. The highest BCUT2D eigenvalue weighted by Gasteiger charge is 2.20. The van der Waals surface area contributed by atoms with Gasteiger partial charge in [0, 0.05) is 18.7 Å². The molecule has 2 aromatic heterocycles. The lowest BCUT2D eigenvalue weighted by molar-refractivity contribution is -0.153. The number of hydrogen-bond donors (Lipinski definition) is 1. The van der Waals surface area contributed by atoms with Crippen molar-refractivity contribution in [1.82, 2.24) is 9.97 Å². The fraction of sp³-hybridized carbons (Fsp3) is 0.200. The largest absolute Gasteiger partial charge is 0.453 e. The van der Waals surface area contributed by atoms with E-state index in [-0.39, 0.29) is 35.2 Å². The highest BCUT2D eigenvalue weighted by Crippen LogP contribution is 2.24. The van der Waals surface area contributed by atoms with Crippen LogP contribution in [0.25, 0.3) is 11.3 Å². The van der Waals surface area contributed by atoms with Crippen LogP contribution in [0.1, 0.15) is 19.2 Å². The maximum absolute atomic E-state index is 13.8. The standard InChI is InChI=1S/C20H16ClF2N3O4/c1-11(20(28)26-15-3-2-8-24-19(15)21)29-18(27)7-6-17-25-10-16(30-17)13-5-4-12(22)9-14(13)23/h2-5,8-11H,6-7H2,1H3,(H,26,28). The third-order valence-electron chi connectivity index (χ3n) is 3.99. The Morgan fingerprint density at radius 2 is 2.07 bits per heavy atom. The number of amides is 1. The summed E-state index contributed by atoms with van der Waals surface area (Å²) in [7, 11) is 0. The Hall–Kier alpha value is -3.33. The molecule has 0 aliphatic rings. The van der Waals surface area contributed by atoms with Gasteiger partial charge in [-0.2, -0.15) is 0 Å². The van der Waals surface area contributed by atoms with Gasteiger partial charge >= 0.3 is 5.97 Å². The zero-order valence-electron chi connectivity index (χ0n) is 15.7. The lowest BCUT2D eigenvalue weighted by Crippen LogP contribution is -2.30. The maximum atomic E-state index is 13.8. The van der Waals surface area contributed by atoms with Crippen LogP contribution < -0.4 is 5.32 Å². The minimum absolute atomic E-state index is 0.0529. The molecule has 30 heavy (non-hydrogen) atoms. The number of halogens is 3. The predicted octanol–water partition coefficient (Wildman–Crippen LogP) is 4.17. The number of esters is 1. The molecule has 1 atom stereocenters. The van der Waals surface area contributed by atoms with E-state index in [9.17, 15) is 18.4 Å². The van der Waals surface area contributed by atoms with Gasteiger partial charge in [0.2, 0.25) is 0 Å². The van der Waals surface area contributed by atoms with E-state index in [1.807, 2.05) is 0 Å². The second kappa shape index (κ2) is 9.45. The lowest BCUT2D eigenvalue weighted by atomic mass is 10.2. The van der Waals surface area contributed by atoms with Gasteiger partial charge in [-0.05, 0) is 31.2 Å². The summed E-state index contributed by atoms with van der Waals surface area (Å²) in [6, 6.07) is 6.23. The molecule has 2 heterocycles. The number of ether oxygens (including phenoxy) is 1. The van der Waals surface area contributed by atoms with Crippen molar-refractivity contribution >= 4 is 29.2 Å². The van der Waals surface area contributed by atoms with Crippen molar-refractivity contribution in [3.8, 4) is 11.3 Å². The summed E-state index contributed by atoms with van der Waals surface area (Å²) in [5.74, 6) is -2.43. The molecule has 1 aromatic carbocycles. The fourth-order valence-electron chi connectivity index (χ4n) is 2.47. The lowest BCUT2D eigenvalue weighted by Gasteiger charge is -2.13. The average molecular weight is 436 g/mol. The molecule has 1 amide bonds. The van der Waals surface area contributed by atoms with E-state index in [4.69, 9.17) is 20.8 Å². The smallest absolute Gasteiger partial charge is 0.307 e. The topological polar surface area (TPSA) is 94.3 Å². The van der Waals surface area contributed by atoms with Gasteiger partial charge in [-0.25, -0.2) is 18.7 Å². The molecule has 1 N–H and O–H groups in total. The van der Waals surface area contributed by atoms with E-state index in [1.54, 1.807) is 12.1 Å². The van der Waals surface area contributed by atoms with Gasteiger partial charge in [-0.3, -0.25) is 9.59 Å². The molecular weight excluding hydrogens is 420 g/mol. The monoisotopic (exact) mass is 435 g/mol. The second-order valence-corrected chi connectivity index (χ2v) is 6.56. The van der Waals surface area contributed by atoms with Crippen LogP contribution in [0.15, 0.2) is 47.1 Å². The number of nitrogens with one attached hydrogen (secondary N) is 1. The number of aromatic nitrogens is 2. The number of pyridine rings is 1. The Labute approximate surface area is 175 Å². The van der Waals surface area contributed by atoms with Crippen LogP contribution in [0.4, 0.5) is 14.5 Å². The quantitative estimate of drug-likeness (QED) is 0.442. The number of nitrogens with zero attached hydrogens (tertiary/aromatic N) is 2. The van der Waals surface area contributed by atoms with Crippen molar-refractivity contribution in [2.45, 2.75) is 25.9 Å². The van der Waals surface area contributed by atoms with Gasteiger partial charge in [0.05, 0.1) is 23.9 Å². The van der Waals surface area contributed by atoms with Crippen LogP contribution in [0, 0.1) is 11.6 Å². The summed E-state index contributed by atoms with van der Waals surface area (Å²) in [5, 5.41) is 2.63. The fourth-order valence-corrected chi connectivity index (χ4v) is 2.64. The summed E-state index contributed by atoms with van der Waals surface area (Å²) in [5.41, 5.74) is 0.351. The molecule has 0 aliphatic heterocycles. The molecule has 0 fully saturated rings. The minimum atomic E-state index is -1.07. The first-order chi connectivity index (χ1) is 14.3. The molecule has 0 bridgehead atoms. The maximum Gasteiger partial charge on any atom is 0.307 e. The number of aryl methyl sites for hydroxylation is 1. The first-order valence-electron chi connectivity index (χ1n) is 8.84. The van der Waals surface area contributed by atoms with Gasteiger partial charge in [0.15, 0.2) is 22.9 Å². The van der Waals surface area contributed by atoms with Crippen LogP contribution in [-0.4, -0.2) is 27.9 Å². The number of rotatable bonds is 7. The highest BCUT2D eigenvalue weighted by molar-refractivity contribution is 6.32. The van der Waals surface area contributed by atoms with E-state index < -0.39 is 29.6 Å². The Kier molecular flexibility index (Phi) is 6.73. The molecule has 156 valence electrons. The van der Waals surface area contributed by atoms with Crippen molar-refractivity contribution < 1.29 is 27.5 Å². The summed E-state index contributed by atoms with van der Waals surface area (Å²) < 4.78 is 37.3. The Bertz CT molecular complexity index is 1070. The Morgan fingerprint density at radius 3 is 2.80 bits per heavy atom. The van der Waals surface area contributed by atoms with E-state index in [0.717, 1.165) is 12.1 Å². The number of hydrogen-bond acceptors (Lipinski definition) is 6. The molecule has 3 aromatic rings. The number of carbonyl (C=O) groups excluding carboxylic acids is 2. The van der Waals surface area contributed by atoms with Gasteiger partial charge < -0.3 is 14.5 Å². The van der Waals surface area contributed by atoms with Crippen LogP contribution >= 0.6 is 11.6 Å². The zero-order valence-corrected chi connectivity index (χ0v) is 16.5. The van der Waals surface area contributed by atoms with E-state index in [2.05, 4.69) is 15.3 Å². The Balaban J connectivity index is 1.51. The molecule has 0 saturated heterocycles. The molecular formula is C20H16ClF2N3O4. The van der Waals surface area contributed by atoms with Crippen molar-refractivity contribution in [2.75, 3.05) is 5.32 Å². The SMILES string of the molecule is CC(OC(=O)CCc1ncc(-c2ccc(F)cc2F)o1)C(=O)Nc1cccnc1Cl. The van der Waals surface area contributed by atoms with Crippen molar-refractivity contribution in [3.05, 3.63) is 65.4 Å². The van der Waals surface area contributed by atoms with Crippen LogP contribution in [0.5, 0.6) is 0 Å². The minimum Gasteiger partial charge on any atom is -0.453 e. The Morgan fingerprint density at radius 1 is 1.27 bits per heavy atom. The number of carbonyl (C=O) groups is 2. The summed E-state index contributed by atoms with van der Waals surface area (Å²) in [6.45, 7) is 1.41. The van der Waals surface area contributed by atoms with Gasteiger partial charge in [0.1, 0.15) is 11.6 Å². The van der Waals surface area contributed by atoms with Crippen molar-refractivity contribution in [3.63, 3.8) is 0 Å². The van der Waals surface area contributed by atoms with Crippen molar-refractivity contribution in [1.29, 1.82) is 0 Å². The first kappa shape index (κ1) is 21.4. The summed E-state index contributed by atoms with van der Waals surface area (Å²) in [6.07, 6.45) is 1.65. The molecule has 1 unspecified atom stereocenters. The average Bonchev–Trinajstić information content (AvgIpc) is 3.16. The first-order valence-corrected chi connectivity index (χ1v) is 9.22. The third kappa shape index (κ3) is 5.38. The molecule has 0 aliphatic carbocycles. The number of anilines is 1. The molecule has 10 heteroatoms. The van der Waals surface area contributed by atoms with E-state index in [1.165, 1.54) is 25.4 Å². The molecule has 0 saturated carbocycles. The molecule has 7 nitrogen and oxygen atoms in total. The summed E-state index contributed by atoms with van der Waals surface area (Å²) in [4.78, 5) is 31.9. The highest BCUT2D eigenvalue weighted by atomic mass is 35.5. The summed E-state index contributed by atoms with van der Waals surface area (Å²) >= 11 is 5.87. The van der Waals surface area contributed by atoms with Crippen molar-refractivity contribution in [2.24, 2.45) is 0 Å². The van der Waals surface area contributed by atoms with Gasteiger partial charge in [0.25, 0.3) is 5.91 Å². The number of benzene rings is 1. The third-order valence-corrected chi connectivity index (χ3v) is 4.29. The van der Waals surface area contributed by atoms with Gasteiger partial charge in [-0.15, -0.1) is 0 Å². The van der Waals surface area contributed by atoms with Crippen LogP contribution in [-0.2, 0) is 20.7 Å². The second-order valence-electron chi connectivity index (χ2n) is 6.21. The van der Waals surface area contributed by atoms with Gasteiger partial charge in [-0.1, -0.05) is 11.6 Å². The normalized spacial score (nSPS) is 11.7. The molecule has 3 rings (SSSR count). The predicted molar refractivity (Wildman–Crippen MR) is 104 cm³/mol. The molecule has 0 radical (unpaired) electrons. The number of oxazole rings is 1. The molecule has 0 spiro atoms. The van der Waals surface area contributed by atoms with E-state index >= 15 is 0 Å². The van der Waals surface area contributed by atoms with E-state index in [0.29, 0.717) is 5.69 Å². The van der Waals surface area contributed by atoms with Crippen LogP contribution in [0.3, 0.4) is 0 Å². The van der Waals surface area contributed by atoms with Crippen LogP contribution in [0.2, 0.25) is 5.15 Å².